The van der Waals surface area contributed by atoms with Gasteiger partial charge >= 0.3 is 0 Å². The maximum Gasteiger partial charge on any atom is 0.166 e. The first-order chi connectivity index (χ1) is 34.2. The second-order valence-electron chi connectivity index (χ2n) is 19.9. The summed E-state index contributed by atoms with van der Waals surface area (Å²) >= 11 is 0. The van der Waals surface area contributed by atoms with Crippen LogP contribution in [0.25, 0.3) is 111 Å². The average Bonchev–Trinajstić information content (AvgIpc) is 4.06. The van der Waals surface area contributed by atoms with E-state index < -0.39 is 0 Å². The molecule has 70 heavy (non-hydrogen) atoms. The van der Waals surface area contributed by atoms with Crippen molar-refractivity contribution in [2.45, 2.75) is 38.5 Å². The van der Waals surface area contributed by atoms with E-state index in [1.807, 2.05) is 66.7 Å². The average molecular weight is 897 g/mol. The minimum Gasteiger partial charge on any atom is -0.308 e. The number of hydrogen-bond donors (Lipinski definition) is 0. The van der Waals surface area contributed by atoms with Crippen LogP contribution < -0.4 is 0 Å². The summed E-state index contributed by atoms with van der Waals surface area (Å²) in [6.45, 7) is 9.32. The molecule has 2 aliphatic carbocycles. The fourth-order valence-electron chi connectivity index (χ4n) is 12.0. The van der Waals surface area contributed by atoms with Crippen molar-refractivity contribution in [2.24, 2.45) is 0 Å². The molecule has 0 atom stereocenters. The summed E-state index contributed by atoms with van der Waals surface area (Å²) in [6.07, 6.45) is 0. The molecule has 0 bridgehead atoms. The summed E-state index contributed by atoms with van der Waals surface area (Å²) in [6, 6.07) is 71.6. The standard InChI is InChI=1S/C64H44N6/c1-63(2)50-27-15-11-23-41(50)45-32-47-43-25-13-17-29-54(43)69(57(47)34-52(45)63)56-36-59(49(31-40(56)37-65)62-67-60(38-19-7-5-8-20-38)66-61(68-62)39-21-9-6-10-22-39)70-55-30-18-14-26-44(55)48-33-46-42-24-12-16-28-51(42)64(3,4)53(46)35-58(48)70/h5-36H,1-4H3. The lowest BCUT2D eigenvalue weighted by molar-refractivity contribution is 0.661. The molecule has 0 fully saturated rings. The first-order valence-electron chi connectivity index (χ1n) is 24.0. The summed E-state index contributed by atoms with van der Waals surface area (Å²) in [4.78, 5) is 15.8. The smallest absolute Gasteiger partial charge is 0.166 e. The van der Waals surface area contributed by atoms with Crippen LogP contribution in [-0.2, 0) is 10.8 Å². The summed E-state index contributed by atoms with van der Waals surface area (Å²) in [5.41, 5.74) is 18.6. The topological polar surface area (TPSA) is 72.3 Å². The van der Waals surface area contributed by atoms with Gasteiger partial charge in [-0.25, -0.2) is 15.0 Å². The van der Waals surface area contributed by atoms with Gasteiger partial charge in [-0.05, 0) is 93.0 Å². The third kappa shape index (κ3) is 5.57. The Morgan fingerprint density at radius 1 is 0.357 bits per heavy atom. The second-order valence-corrected chi connectivity index (χ2v) is 19.9. The molecule has 3 heterocycles. The first kappa shape index (κ1) is 40.2. The van der Waals surface area contributed by atoms with Crippen molar-refractivity contribution in [2.75, 3.05) is 0 Å². The predicted molar refractivity (Wildman–Crippen MR) is 285 cm³/mol. The number of fused-ring (bicyclic) bond motifs is 12. The van der Waals surface area contributed by atoms with Crippen molar-refractivity contribution in [3.8, 4) is 73.9 Å². The van der Waals surface area contributed by atoms with Crippen molar-refractivity contribution in [3.63, 3.8) is 0 Å². The largest absolute Gasteiger partial charge is 0.308 e. The highest BCUT2D eigenvalue weighted by molar-refractivity contribution is 6.14. The number of nitrogens with zero attached hydrogens (tertiary/aromatic N) is 6. The number of rotatable bonds is 5. The molecule has 12 aromatic rings. The molecule has 0 radical (unpaired) electrons. The van der Waals surface area contributed by atoms with Crippen LogP contribution in [-0.4, -0.2) is 24.1 Å². The number of aromatic nitrogens is 5. The van der Waals surface area contributed by atoms with Gasteiger partial charge in [0.1, 0.15) is 6.07 Å². The van der Waals surface area contributed by atoms with Crippen molar-refractivity contribution in [1.29, 1.82) is 5.26 Å². The summed E-state index contributed by atoms with van der Waals surface area (Å²) in [7, 11) is 0. The Bertz CT molecular complexity index is 4180. The minimum absolute atomic E-state index is 0.225. The van der Waals surface area contributed by atoms with Gasteiger partial charge in [-0.15, -0.1) is 0 Å². The Kier molecular flexibility index (Phi) is 8.35. The summed E-state index contributed by atoms with van der Waals surface area (Å²) < 4.78 is 4.71. The Morgan fingerprint density at radius 3 is 1.29 bits per heavy atom. The maximum absolute atomic E-state index is 11.5. The Morgan fingerprint density at radius 2 is 0.786 bits per heavy atom. The van der Waals surface area contributed by atoms with E-state index in [0.717, 1.165) is 71.7 Å². The summed E-state index contributed by atoms with van der Waals surface area (Å²) in [5.74, 6) is 1.58. The molecule has 0 unspecified atom stereocenters. The molecule has 0 amide bonds. The second kappa shape index (κ2) is 14.5. The van der Waals surface area contributed by atoms with E-state index in [0.29, 0.717) is 23.0 Å². The molecular weight excluding hydrogens is 853 g/mol. The molecule has 0 spiro atoms. The molecule has 6 nitrogen and oxygen atoms in total. The van der Waals surface area contributed by atoms with E-state index in [9.17, 15) is 5.26 Å². The van der Waals surface area contributed by atoms with Crippen LogP contribution in [0.5, 0.6) is 0 Å². The lowest BCUT2D eigenvalue weighted by Gasteiger charge is -2.23. The predicted octanol–water partition coefficient (Wildman–Crippen LogP) is 15.6. The van der Waals surface area contributed by atoms with Crippen LogP contribution in [0, 0.1) is 11.3 Å². The third-order valence-electron chi connectivity index (χ3n) is 15.4. The van der Waals surface area contributed by atoms with Gasteiger partial charge in [0.25, 0.3) is 0 Å². The maximum atomic E-state index is 11.5. The minimum atomic E-state index is -0.236. The lowest BCUT2D eigenvalue weighted by Crippen LogP contribution is -2.15. The monoisotopic (exact) mass is 896 g/mol. The molecule has 9 aromatic carbocycles. The van der Waals surface area contributed by atoms with Crippen molar-refractivity contribution in [3.05, 3.63) is 222 Å². The zero-order valence-electron chi connectivity index (χ0n) is 39.2. The number of para-hydroxylation sites is 2. The van der Waals surface area contributed by atoms with E-state index >= 15 is 0 Å². The molecule has 0 aliphatic heterocycles. The third-order valence-corrected chi connectivity index (χ3v) is 15.4. The normalized spacial score (nSPS) is 13.9. The molecule has 2 aliphatic rings. The zero-order chi connectivity index (χ0) is 47.0. The van der Waals surface area contributed by atoms with E-state index in [4.69, 9.17) is 15.0 Å². The van der Waals surface area contributed by atoms with Gasteiger partial charge in [0.15, 0.2) is 17.5 Å². The Hall–Kier alpha value is -8.92. The fraction of sp³-hybridized carbons (Fsp3) is 0.0938. The van der Waals surface area contributed by atoms with Crippen molar-refractivity contribution < 1.29 is 0 Å². The molecule has 3 aromatic heterocycles. The molecular formula is C64H44N6. The molecule has 6 heteroatoms. The summed E-state index contributed by atoms with van der Waals surface area (Å²) in [5, 5.41) is 16.1. The van der Waals surface area contributed by atoms with Crippen molar-refractivity contribution in [1.82, 2.24) is 24.1 Å². The highest BCUT2D eigenvalue weighted by Gasteiger charge is 2.38. The van der Waals surface area contributed by atoms with Gasteiger partial charge in [0, 0.05) is 49.1 Å². The van der Waals surface area contributed by atoms with Crippen LogP contribution in [0.2, 0.25) is 0 Å². The Labute approximate surface area is 405 Å². The highest BCUT2D eigenvalue weighted by atomic mass is 15.1. The highest BCUT2D eigenvalue weighted by Crippen LogP contribution is 2.53. The lowest BCUT2D eigenvalue weighted by atomic mass is 9.82. The quantitative estimate of drug-likeness (QED) is 0.173. The van der Waals surface area contributed by atoms with Gasteiger partial charge in [-0.1, -0.05) is 173 Å². The van der Waals surface area contributed by atoms with E-state index in [1.54, 1.807) is 0 Å². The molecule has 0 saturated carbocycles. The molecule has 0 N–H and O–H groups in total. The van der Waals surface area contributed by atoms with E-state index in [1.165, 1.54) is 44.5 Å². The van der Waals surface area contributed by atoms with Crippen molar-refractivity contribution >= 4 is 43.6 Å². The van der Waals surface area contributed by atoms with Gasteiger partial charge in [0.05, 0.1) is 39.0 Å². The van der Waals surface area contributed by atoms with Gasteiger partial charge in [-0.2, -0.15) is 5.26 Å². The molecule has 0 saturated heterocycles. The van der Waals surface area contributed by atoms with Gasteiger partial charge < -0.3 is 9.13 Å². The van der Waals surface area contributed by atoms with Crippen LogP contribution in [0.4, 0.5) is 0 Å². The van der Waals surface area contributed by atoms with E-state index in [-0.39, 0.29) is 10.8 Å². The molecule has 330 valence electrons. The molecule has 14 rings (SSSR count). The van der Waals surface area contributed by atoms with Crippen LogP contribution in [0.1, 0.15) is 55.5 Å². The van der Waals surface area contributed by atoms with Crippen LogP contribution >= 0.6 is 0 Å². The SMILES string of the molecule is CC1(C)c2ccccc2-c2cc3c4ccccc4n(-c4cc(-n5c6ccccc6c6cc7c(cc65)C(C)(C)c5ccccc5-7)c(-c5nc(-c6ccccc6)nc(-c6ccccc6)n5)cc4C#N)c3cc21. The number of nitriles is 1. The number of benzene rings is 9. The zero-order valence-corrected chi connectivity index (χ0v) is 39.2. The van der Waals surface area contributed by atoms with E-state index in [2.05, 4.69) is 170 Å². The van der Waals surface area contributed by atoms with Crippen LogP contribution in [0.15, 0.2) is 194 Å². The van der Waals surface area contributed by atoms with Crippen LogP contribution in [0.3, 0.4) is 0 Å². The fourth-order valence-corrected chi connectivity index (χ4v) is 12.0. The Balaban J connectivity index is 1.12. The first-order valence-corrected chi connectivity index (χ1v) is 24.0. The number of hydrogen-bond acceptors (Lipinski definition) is 4. The van der Waals surface area contributed by atoms with Gasteiger partial charge in [0.2, 0.25) is 0 Å². The van der Waals surface area contributed by atoms with Gasteiger partial charge in [-0.3, -0.25) is 0 Å².